The summed E-state index contributed by atoms with van der Waals surface area (Å²) in [5.74, 6) is 0. The van der Waals surface area contributed by atoms with Crippen LogP contribution in [0.15, 0.2) is 36.4 Å². The molecule has 0 fully saturated rings. The molecule has 4 heteroatoms. The Balaban J connectivity index is 2.40. The number of nitro benzene ring substituents is 1. The van der Waals surface area contributed by atoms with Gasteiger partial charge in [0.2, 0.25) is 0 Å². The number of nitro groups is 1. The molecule has 0 saturated carbocycles. The highest BCUT2D eigenvalue weighted by atomic mass is 16.6. The molecule has 0 saturated heterocycles. The quantitative estimate of drug-likeness (QED) is 0.409. The van der Waals surface area contributed by atoms with Gasteiger partial charge in [-0.15, -0.1) is 0 Å². The SMILES string of the molecule is O=[N+]([O-])c1ccccc1[C@H]1C=CCO1. The molecule has 0 spiro atoms. The van der Waals surface area contributed by atoms with Crippen molar-refractivity contribution in [3.63, 3.8) is 0 Å². The van der Waals surface area contributed by atoms with Crippen LogP contribution >= 0.6 is 0 Å². The second-order valence-corrected chi connectivity index (χ2v) is 3.00. The van der Waals surface area contributed by atoms with Crippen molar-refractivity contribution in [3.05, 3.63) is 52.1 Å². The van der Waals surface area contributed by atoms with Gasteiger partial charge in [-0.1, -0.05) is 24.3 Å². The van der Waals surface area contributed by atoms with Gasteiger partial charge in [-0.05, 0) is 6.07 Å². The first-order valence-corrected chi connectivity index (χ1v) is 4.30. The third-order valence-electron chi connectivity index (χ3n) is 2.12. The van der Waals surface area contributed by atoms with Crippen LogP contribution in [0.4, 0.5) is 5.69 Å². The molecule has 0 amide bonds. The number of para-hydroxylation sites is 1. The van der Waals surface area contributed by atoms with Gasteiger partial charge in [0.25, 0.3) is 5.69 Å². The van der Waals surface area contributed by atoms with Crippen molar-refractivity contribution in [1.29, 1.82) is 0 Å². The van der Waals surface area contributed by atoms with E-state index in [9.17, 15) is 10.1 Å². The summed E-state index contributed by atoms with van der Waals surface area (Å²) < 4.78 is 5.31. The highest BCUT2D eigenvalue weighted by Crippen LogP contribution is 2.30. The van der Waals surface area contributed by atoms with E-state index in [0.29, 0.717) is 12.2 Å². The Morgan fingerprint density at radius 1 is 1.43 bits per heavy atom. The average Bonchev–Trinajstić information content (AvgIpc) is 2.70. The Morgan fingerprint density at radius 3 is 2.86 bits per heavy atom. The Hall–Kier alpha value is -1.68. The van der Waals surface area contributed by atoms with Crippen molar-refractivity contribution >= 4 is 5.69 Å². The number of hydrogen-bond acceptors (Lipinski definition) is 3. The van der Waals surface area contributed by atoms with E-state index in [0.717, 1.165) is 0 Å². The van der Waals surface area contributed by atoms with Crippen LogP contribution in [0.25, 0.3) is 0 Å². The Morgan fingerprint density at radius 2 is 2.21 bits per heavy atom. The molecular weight excluding hydrogens is 182 g/mol. The Kier molecular flexibility index (Phi) is 2.28. The van der Waals surface area contributed by atoms with Crippen LogP contribution < -0.4 is 0 Å². The molecular formula is C10H9NO3. The maximum absolute atomic E-state index is 10.7. The summed E-state index contributed by atoms with van der Waals surface area (Å²) in [6.45, 7) is 0.525. The molecule has 0 aromatic heterocycles. The molecule has 1 aliphatic rings. The van der Waals surface area contributed by atoms with E-state index in [1.807, 2.05) is 12.2 Å². The maximum atomic E-state index is 10.7. The minimum absolute atomic E-state index is 0.115. The van der Waals surface area contributed by atoms with E-state index in [2.05, 4.69) is 0 Å². The first-order valence-electron chi connectivity index (χ1n) is 4.30. The lowest BCUT2D eigenvalue weighted by Crippen LogP contribution is -2.00. The standard InChI is InChI=1S/C10H9NO3/c12-11(13)9-5-2-1-4-8(9)10-6-3-7-14-10/h1-6,10H,7H2/t10-/m1/s1. The zero-order chi connectivity index (χ0) is 9.97. The first-order chi connectivity index (χ1) is 6.79. The van der Waals surface area contributed by atoms with Gasteiger partial charge in [-0.3, -0.25) is 10.1 Å². The molecule has 1 atom stereocenters. The van der Waals surface area contributed by atoms with Gasteiger partial charge >= 0.3 is 0 Å². The average molecular weight is 191 g/mol. The lowest BCUT2D eigenvalue weighted by Gasteiger charge is -2.08. The molecule has 0 aliphatic carbocycles. The van der Waals surface area contributed by atoms with E-state index in [1.54, 1.807) is 18.2 Å². The van der Waals surface area contributed by atoms with E-state index in [4.69, 9.17) is 4.74 Å². The molecule has 0 N–H and O–H groups in total. The van der Waals surface area contributed by atoms with Crippen LogP contribution in [-0.2, 0) is 4.74 Å². The van der Waals surface area contributed by atoms with Gasteiger partial charge in [0.05, 0.1) is 17.1 Å². The van der Waals surface area contributed by atoms with E-state index < -0.39 is 0 Å². The number of benzene rings is 1. The molecule has 1 aromatic carbocycles. The minimum atomic E-state index is -0.384. The van der Waals surface area contributed by atoms with E-state index >= 15 is 0 Å². The second kappa shape index (κ2) is 3.59. The van der Waals surface area contributed by atoms with Crippen LogP contribution in [0.2, 0.25) is 0 Å². The molecule has 0 bridgehead atoms. The fraction of sp³-hybridized carbons (Fsp3) is 0.200. The summed E-state index contributed by atoms with van der Waals surface area (Å²) >= 11 is 0. The fourth-order valence-electron chi connectivity index (χ4n) is 1.48. The van der Waals surface area contributed by atoms with Crippen molar-refractivity contribution in [2.75, 3.05) is 6.61 Å². The normalized spacial score (nSPS) is 19.9. The summed E-state index contributed by atoms with van der Waals surface area (Å²) in [7, 11) is 0. The van der Waals surface area contributed by atoms with Crippen LogP contribution in [0.3, 0.4) is 0 Å². The van der Waals surface area contributed by atoms with Crippen LogP contribution in [0, 0.1) is 10.1 Å². The number of rotatable bonds is 2. The monoisotopic (exact) mass is 191 g/mol. The zero-order valence-corrected chi connectivity index (χ0v) is 7.42. The minimum Gasteiger partial charge on any atom is -0.365 e. The molecule has 4 nitrogen and oxygen atoms in total. The number of nitrogens with zero attached hydrogens (tertiary/aromatic N) is 1. The summed E-state index contributed by atoms with van der Waals surface area (Å²) in [5.41, 5.74) is 0.732. The topological polar surface area (TPSA) is 52.4 Å². The molecule has 2 rings (SSSR count). The van der Waals surface area contributed by atoms with Gasteiger partial charge in [0, 0.05) is 6.07 Å². The maximum Gasteiger partial charge on any atom is 0.275 e. The molecule has 1 aliphatic heterocycles. The van der Waals surface area contributed by atoms with Crippen LogP contribution in [0.5, 0.6) is 0 Å². The summed E-state index contributed by atoms with van der Waals surface area (Å²) in [6.07, 6.45) is 3.43. The lowest BCUT2D eigenvalue weighted by molar-refractivity contribution is -0.386. The van der Waals surface area contributed by atoms with E-state index in [-0.39, 0.29) is 16.7 Å². The van der Waals surface area contributed by atoms with Gasteiger partial charge in [0.15, 0.2) is 0 Å². The van der Waals surface area contributed by atoms with Crippen molar-refractivity contribution in [2.45, 2.75) is 6.10 Å². The van der Waals surface area contributed by atoms with E-state index in [1.165, 1.54) is 6.07 Å². The molecule has 72 valence electrons. The predicted octanol–water partition coefficient (Wildman–Crippen LogP) is 2.22. The molecule has 0 unspecified atom stereocenters. The largest absolute Gasteiger partial charge is 0.365 e. The van der Waals surface area contributed by atoms with Gasteiger partial charge in [-0.2, -0.15) is 0 Å². The lowest BCUT2D eigenvalue weighted by atomic mass is 10.1. The van der Waals surface area contributed by atoms with Crippen LogP contribution in [0.1, 0.15) is 11.7 Å². The molecule has 0 radical (unpaired) electrons. The van der Waals surface area contributed by atoms with Crippen molar-refractivity contribution in [2.24, 2.45) is 0 Å². The fourth-order valence-corrected chi connectivity index (χ4v) is 1.48. The van der Waals surface area contributed by atoms with Crippen molar-refractivity contribution < 1.29 is 9.66 Å². The third kappa shape index (κ3) is 1.52. The first kappa shape index (κ1) is 8.90. The van der Waals surface area contributed by atoms with Gasteiger partial charge in [0.1, 0.15) is 6.10 Å². The second-order valence-electron chi connectivity index (χ2n) is 3.00. The zero-order valence-electron chi connectivity index (χ0n) is 7.42. The molecule has 1 heterocycles. The Bertz CT molecular complexity index is 387. The number of hydrogen-bond donors (Lipinski definition) is 0. The van der Waals surface area contributed by atoms with Crippen molar-refractivity contribution in [1.82, 2.24) is 0 Å². The Labute approximate surface area is 81.0 Å². The summed E-state index contributed by atoms with van der Waals surface area (Å²) in [5, 5.41) is 10.7. The summed E-state index contributed by atoms with van der Waals surface area (Å²) in [4.78, 5) is 10.3. The third-order valence-corrected chi connectivity index (χ3v) is 2.12. The highest BCUT2D eigenvalue weighted by Gasteiger charge is 2.21. The van der Waals surface area contributed by atoms with Gasteiger partial charge in [-0.25, -0.2) is 0 Å². The van der Waals surface area contributed by atoms with Gasteiger partial charge < -0.3 is 4.74 Å². The van der Waals surface area contributed by atoms with Crippen molar-refractivity contribution in [3.8, 4) is 0 Å². The number of ether oxygens (including phenoxy) is 1. The summed E-state index contributed by atoms with van der Waals surface area (Å²) in [6, 6.07) is 6.64. The van der Waals surface area contributed by atoms with Crippen LogP contribution in [-0.4, -0.2) is 11.5 Å². The molecule has 14 heavy (non-hydrogen) atoms. The predicted molar refractivity (Wildman–Crippen MR) is 50.9 cm³/mol. The highest BCUT2D eigenvalue weighted by molar-refractivity contribution is 5.43. The smallest absolute Gasteiger partial charge is 0.275 e. The molecule has 1 aromatic rings.